The quantitative estimate of drug-likeness (QED) is 0.768. The van der Waals surface area contributed by atoms with E-state index < -0.39 is 0 Å². The van der Waals surface area contributed by atoms with Gasteiger partial charge in [-0.3, -0.25) is 14.5 Å². The van der Waals surface area contributed by atoms with Gasteiger partial charge in [0.2, 0.25) is 17.7 Å². The normalized spacial score (nSPS) is 18.0. The maximum Gasteiger partial charge on any atom is 0.239 e. The Morgan fingerprint density at radius 1 is 1.45 bits per heavy atom. The Labute approximate surface area is 130 Å². The van der Waals surface area contributed by atoms with Crippen LogP contribution in [0.2, 0.25) is 0 Å². The first-order chi connectivity index (χ1) is 10.6. The Morgan fingerprint density at radius 2 is 2.27 bits per heavy atom. The molecule has 120 valence electrons. The van der Waals surface area contributed by atoms with Crippen LogP contribution in [0.4, 0.5) is 0 Å². The van der Waals surface area contributed by atoms with E-state index in [0.29, 0.717) is 5.88 Å². The molecule has 2 N–H and O–H groups in total. The Balaban J connectivity index is 1.75. The fourth-order valence-electron chi connectivity index (χ4n) is 2.46. The molecule has 0 aromatic carbocycles. The molecule has 1 atom stereocenters. The van der Waals surface area contributed by atoms with E-state index in [-0.39, 0.29) is 24.4 Å². The SMILES string of the molecule is COc1ccc(CN2CC[C@H](NC(=O)CNC(C)=O)C2)cn1. The van der Waals surface area contributed by atoms with Gasteiger partial charge in [-0.1, -0.05) is 6.07 Å². The van der Waals surface area contributed by atoms with Gasteiger partial charge in [0.1, 0.15) is 0 Å². The number of carbonyl (C=O) groups excluding carboxylic acids is 2. The largest absolute Gasteiger partial charge is 0.481 e. The van der Waals surface area contributed by atoms with Crippen LogP contribution < -0.4 is 15.4 Å². The summed E-state index contributed by atoms with van der Waals surface area (Å²) in [5.41, 5.74) is 1.12. The van der Waals surface area contributed by atoms with E-state index in [1.54, 1.807) is 7.11 Å². The lowest BCUT2D eigenvalue weighted by Crippen LogP contribution is -2.42. The average Bonchev–Trinajstić information content (AvgIpc) is 2.93. The summed E-state index contributed by atoms with van der Waals surface area (Å²) in [6, 6.07) is 3.97. The third kappa shape index (κ3) is 5.00. The molecule has 0 unspecified atom stereocenters. The van der Waals surface area contributed by atoms with Crippen LogP contribution in [0, 0.1) is 0 Å². The van der Waals surface area contributed by atoms with Crippen molar-refractivity contribution in [2.45, 2.75) is 25.9 Å². The molecule has 2 heterocycles. The van der Waals surface area contributed by atoms with Crippen molar-refractivity contribution in [1.29, 1.82) is 0 Å². The van der Waals surface area contributed by atoms with Gasteiger partial charge in [0.25, 0.3) is 0 Å². The molecule has 1 aromatic heterocycles. The summed E-state index contributed by atoms with van der Waals surface area (Å²) in [7, 11) is 1.59. The number of carbonyl (C=O) groups is 2. The molecular formula is C15H22N4O3. The van der Waals surface area contributed by atoms with Gasteiger partial charge in [-0.2, -0.15) is 0 Å². The molecule has 1 aromatic rings. The highest BCUT2D eigenvalue weighted by molar-refractivity contribution is 5.83. The molecule has 2 amide bonds. The molecule has 7 nitrogen and oxygen atoms in total. The van der Waals surface area contributed by atoms with Crippen molar-refractivity contribution in [2.24, 2.45) is 0 Å². The first-order valence-electron chi connectivity index (χ1n) is 7.32. The van der Waals surface area contributed by atoms with Crippen LogP contribution in [0.25, 0.3) is 0 Å². The second kappa shape index (κ2) is 7.74. The zero-order valence-electron chi connectivity index (χ0n) is 13.0. The van der Waals surface area contributed by atoms with E-state index in [1.165, 1.54) is 6.92 Å². The Hall–Kier alpha value is -2.15. The molecule has 0 radical (unpaired) electrons. The highest BCUT2D eigenvalue weighted by atomic mass is 16.5. The highest BCUT2D eigenvalue weighted by Gasteiger charge is 2.23. The molecule has 1 fully saturated rings. The lowest BCUT2D eigenvalue weighted by molar-refractivity contribution is -0.125. The van der Waals surface area contributed by atoms with E-state index in [2.05, 4.69) is 20.5 Å². The first-order valence-corrected chi connectivity index (χ1v) is 7.32. The summed E-state index contributed by atoms with van der Waals surface area (Å²) < 4.78 is 5.04. The van der Waals surface area contributed by atoms with E-state index in [0.717, 1.165) is 31.6 Å². The van der Waals surface area contributed by atoms with Gasteiger partial charge < -0.3 is 15.4 Å². The fraction of sp³-hybridized carbons (Fsp3) is 0.533. The number of hydrogen-bond acceptors (Lipinski definition) is 5. The molecule has 0 aliphatic carbocycles. The summed E-state index contributed by atoms with van der Waals surface area (Å²) >= 11 is 0. The number of methoxy groups -OCH3 is 1. The predicted octanol–water partition coefficient (Wildman–Crippen LogP) is -0.0832. The van der Waals surface area contributed by atoms with Crippen molar-refractivity contribution < 1.29 is 14.3 Å². The van der Waals surface area contributed by atoms with Crippen molar-refractivity contribution in [3.8, 4) is 5.88 Å². The number of pyridine rings is 1. The summed E-state index contributed by atoms with van der Waals surface area (Å²) in [4.78, 5) is 28.9. The molecule has 0 saturated carbocycles. The molecule has 1 aliphatic heterocycles. The predicted molar refractivity (Wildman–Crippen MR) is 81.3 cm³/mol. The number of aromatic nitrogens is 1. The smallest absolute Gasteiger partial charge is 0.239 e. The maximum absolute atomic E-state index is 11.7. The van der Waals surface area contributed by atoms with Crippen LogP contribution in [0.3, 0.4) is 0 Å². The van der Waals surface area contributed by atoms with Crippen LogP contribution in [0.1, 0.15) is 18.9 Å². The van der Waals surface area contributed by atoms with Gasteiger partial charge >= 0.3 is 0 Å². The van der Waals surface area contributed by atoms with Gasteiger partial charge in [-0.05, 0) is 12.0 Å². The standard InChI is InChI=1S/C15H22N4O3/c1-11(20)16-8-14(21)18-13-5-6-19(10-13)9-12-3-4-15(22-2)17-7-12/h3-4,7,13H,5-6,8-10H2,1-2H3,(H,16,20)(H,18,21)/t13-/m0/s1. The van der Waals surface area contributed by atoms with Crippen LogP contribution in [0.15, 0.2) is 18.3 Å². The fourth-order valence-corrected chi connectivity index (χ4v) is 2.46. The van der Waals surface area contributed by atoms with E-state index in [1.807, 2.05) is 18.3 Å². The van der Waals surface area contributed by atoms with Gasteiger partial charge in [-0.15, -0.1) is 0 Å². The summed E-state index contributed by atoms with van der Waals surface area (Å²) in [5.74, 6) is 0.261. The minimum atomic E-state index is -0.199. The maximum atomic E-state index is 11.7. The Kier molecular flexibility index (Phi) is 5.71. The van der Waals surface area contributed by atoms with Gasteiger partial charge in [0, 0.05) is 44.9 Å². The molecule has 1 saturated heterocycles. The first kappa shape index (κ1) is 16.2. The van der Waals surface area contributed by atoms with Crippen molar-refractivity contribution in [1.82, 2.24) is 20.5 Å². The topological polar surface area (TPSA) is 83.6 Å². The average molecular weight is 306 g/mol. The van der Waals surface area contributed by atoms with Crippen molar-refractivity contribution in [3.63, 3.8) is 0 Å². The minimum absolute atomic E-state index is 0.0359. The molecule has 7 heteroatoms. The number of nitrogens with zero attached hydrogens (tertiary/aromatic N) is 2. The second-order valence-corrected chi connectivity index (χ2v) is 5.41. The molecule has 22 heavy (non-hydrogen) atoms. The number of likely N-dealkylation sites (tertiary alicyclic amines) is 1. The molecule has 1 aliphatic rings. The lowest BCUT2D eigenvalue weighted by atomic mass is 10.2. The number of amides is 2. The minimum Gasteiger partial charge on any atom is -0.481 e. The van der Waals surface area contributed by atoms with Crippen molar-refractivity contribution >= 4 is 11.8 Å². The monoisotopic (exact) mass is 306 g/mol. The highest BCUT2D eigenvalue weighted by Crippen LogP contribution is 2.14. The Bertz CT molecular complexity index is 518. The summed E-state index contributed by atoms with van der Waals surface area (Å²) in [6.07, 6.45) is 2.72. The third-order valence-electron chi connectivity index (χ3n) is 3.55. The molecular weight excluding hydrogens is 284 g/mol. The number of hydrogen-bond donors (Lipinski definition) is 2. The van der Waals surface area contributed by atoms with Crippen LogP contribution in [0.5, 0.6) is 5.88 Å². The molecule has 0 bridgehead atoms. The van der Waals surface area contributed by atoms with Crippen molar-refractivity contribution in [3.05, 3.63) is 23.9 Å². The van der Waals surface area contributed by atoms with E-state index in [4.69, 9.17) is 4.74 Å². The molecule has 2 rings (SSSR count). The zero-order chi connectivity index (χ0) is 15.9. The van der Waals surface area contributed by atoms with Crippen LogP contribution in [-0.4, -0.2) is 54.5 Å². The lowest BCUT2D eigenvalue weighted by Gasteiger charge is -2.16. The Morgan fingerprint density at radius 3 is 2.91 bits per heavy atom. The number of ether oxygens (including phenoxy) is 1. The molecule has 0 spiro atoms. The van der Waals surface area contributed by atoms with E-state index >= 15 is 0 Å². The summed E-state index contributed by atoms with van der Waals surface area (Å²) in [5, 5.41) is 5.43. The second-order valence-electron chi connectivity index (χ2n) is 5.41. The van der Waals surface area contributed by atoms with Gasteiger partial charge in [-0.25, -0.2) is 4.98 Å². The van der Waals surface area contributed by atoms with Crippen LogP contribution >= 0.6 is 0 Å². The van der Waals surface area contributed by atoms with Crippen molar-refractivity contribution in [2.75, 3.05) is 26.7 Å². The summed E-state index contributed by atoms with van der Waals surface area (Å²) in [6.45, 7) is 3.96. The van der Waals surface area contributed by atoms with Gasteiger partial charge in [0.15, 0.2) is 0 Å². The number of rotatable bonds is 6. The van der Waals surface area contributed by atoms with Gasteiger partial charge in [0.05, 0.1) is 13.7 Å². The van der Waals surface area contributed by atoms with Crippen LogP contribution in [-0.2, 0) is 16.1 Å². The number of nitrogens with one attached hydrogen (secondary N) is 2. The third-order valence-corrected chi connectivity index (χ3v) is 3.55. The zero-order valence-corrected chi connectivity index (χ0v) is 13.0. The van der Waals surface area contributed by atoms with E-state index in [9.17, 15) is 9.59 Å².